The Labute approximate surface area is 181 Å². The number of halogens is 4. The zero-order valence-electron chi connectivity index (χ0n) is 16.6. The Kier molecular flexibility index (Phi) is 7.55. The number of likely N-dealkylation sites (tertiary alicyclic amines) is 1. The van der Waals surface area contributed by atoms with E-state index in [1.165, 1.54) is 12.8 Å². The molecule has 0 amide bonds. The molecule has 31 heavy (non-hydrogen) atoms. The summed E-state index contributed by atoms with van der Waals surface area (Å²) in [5.41, 5.74) is 0.789. The van der Waals surface area contributed by atoms with Gasteiger partial charge in [-0.3, -0.25) is 4.90 Å². The van der Waals surface area contributed by atoms with Crippen LogP contribution in [0.3, 0.4) is 0 Å². The first-order valence-corrected chi connectivity index (χ1v) is 10.3. The summed E-state index contributed by atoms with van der Waals surface area (Å²) in [6.45, 7) is 2.41. The van der Waals surface area contributed by atoms with Crippen LogP contribution in [0.4, 0.5) is 13.2 Å². The molecule has 1 aliphatic carbocycles. The van der Waals surface area contributed by atoms with Gasteiger partial charge in [0.15, 0.2) is 5.82 Å². The fourth-order valence-electron chi connectivity index (χ4n) is 3.43. The summed E-state index contributed by atoms with van der Waals surface area (Å²) >= 11 is 6.19. The summed E-state index contributed by atoms with van der Waals surface area (Å²) in [6.07, 6.45) is -1.18. The fourth-order valence-corrected chi connectivity index (χ4v) is 3.69. The largest absolute Gasteiger partial charge is 0.490 e. The molecule has 2 atom stereocenters. The van der Waals surface area contributed by atoms with Crippen LogP contribution in [-0.4, -0.2) is 57.0 Å². The number of carbonyl (C=O) groups is 1. The lowest BCUT2D eigenvalue weighted by Crippen LogP contribution is -2.37. The standard InChI is InChI=1S/C18H22ClN3O2.C2HF3O2/c19-15-6-2-1-5-14(15)16(23)11-22-9-3-4-13(10-22)17-20-18(24-21-17)12-7-8-12;3-2(4,5)1(6)7/h1-2,5-6,12-13,16,23H,3-4,7-11H2;(H,6,7). The number of aliphatic hydroxyl groups excluding tert-OH is 1. The highest BCUT2D eigenvalue weighted by Crippen LogP contribution is 2.39. The minimum Gasteiger partial charge on any atom is -0.475 e. The molecule has 2 unspecified atom stereocenters. The Morgan fingerprint density at radius 3 is 2.55 bits per heavy atom. The van der Waals surface area contributed by atoms with E-state index in [9.17, 15) is 18.3 Å². The van der Waals surface area contributed by atoms with Crippen LogP contribution in [0.1, 0.15) is 60.9 Å². The molecule has 0 spiro atoms. The number of benzene rings is 1. The quantitative estimate of drug-likeness (QED) is 0.690. The number of aromatic nitrogens is 2. The maximum atomic E-state index is 10.6. The van der Waals surface area contributed by atoms with Gasteiger partial charge in [0, 0.05) is 35.5 Å². The minimum absolute atomic E-state index is 0.286. The molecule has 2 aliphatic rings. The van der Waals surface area contributed by atoms with Crippen LogP contribution in [-0.2, 0) is 4.79 Å². The lowest BCUT2D eigenvalue weighted by Gasteiger charge is -2.32. The third-order valence-corrected chi connectivity index (χ3v) is 5.54. The third-order valence-electron chi connectivity index (χ3n) is 5.19. The molecule has 11 heteroatoms. The van der Waals surface area contributed by atoms with Gasteiger partial charge in [-0.05, 0) is 38.3 Å². The van der Waals surface area contributed by atoms with Gasteiger partial charge in [0.2, 0.25) is 5.89 Å². The number of piperidine rings is 1. The monoisotopic (exact) mass is 461 g/mol. The number of hydrogen-bond acceptors (Lipinski definition) is 6. The summed E-state index contributed by atoms with van der Waals surface area (Å²) in [4.78, 5) is 15.8. The highest BCUT2D eigenvalue weighted by molar-refractivity contribution is 6.31. The predicted octanol–water partition coefficient (Wildman–Crippen LogP) is 4.15. The van der Waals surface area contributed by atoms with Crippen LogP contribution in [0.5, 0.6) is 0 Å². The van der Waals surface area contributed by atoms with Gasteiger partial charge < -0.3 is 14.7 Å². The average molecular weight is 462 g/mol. The van der Waals surface area contributed by atoms with Gasteiger partial charge in [-0.25, -0.2) is 4.79 Å². The average Bonchev–Trinajstić information content (AvgIpc) is 3.45. The molecule has 0 radical (unpaired) electrons. The normalized spacial score (nSPS) is 20.6. The molecule has 1 aromatic carbocycles. The smallest absolute Gasteiger partial charge is 0.475 e. The molecule has 2 aromatic rings. The van der Waals surface area contributed by atoms with E-state index in [0.29, 0.717) is 17.5 Å². The molecule has 7 nitrogen and oxygen atoms in total. The van der Waals surface area contributed by atoms with E-state index in [1.54, 1.807) is 0 Å². The van der Waals surface area contributed by atoms with Crippen molar-refractivity contribution < 1.29 is 32.7 Å². The topological polar surface area (TPSA) is 99.7 Å². The molecule has 1 aliphatic heterocycles. The predicted molar refractivity (Wildman–Crippen MR) is 105 cm³/mol. The van der Waals surface area contributed by atoms with Crippen molar-refractivity contribution in [3.05, 3.63) is 46.6 Å². The number of rotatable bonds is 5. The SMILES string of the molecule is O=C(O)C(F)(F)F.OC(CN1CCCC(c2noc(C3CC3)n2)C1)c1ccccc1Cl. The fraction of sp³-hybridized carbons (Fsp3) is 0.550. The van der Waals surface area contributed by atoms with E-state index in [4.69, 9.17) is 26.0 Å². The van der Waals surface area contributed by atoms with E-state index in [2.05, 4.69) is 15.0 Å². The van der Waals surface area contributed by atoms with Gasteiger partial charge in [0.05, 0.1) is 6.10 Å². The van der Waals surface area contributed by atoms with Crippen LogP contribution in [0.2, 0.25) is 5.02 Å². The Bertz CT molecular complexity index is 889. The summed E-state index contributed by atoms with van der Waals surface area (Å²) < 4.78 is 37.1. The Balaban J connectivity index is 0.000000339. The first-order valence-electron chi connectivity index (χ1n) is 9.93. The molecule has 2 N–H and O–H groups in total. The molecule has 2 fully saturated rings. The van der Waals surface area contributed by atoms with Crippen molar-refractivity contribution in [2.45, 2.75) is 49.8 Å². The number of aliphatic carboxylic acids is 1. The summed E-state index contributed by atoms with van der Waals surface area (Å²) in [6, 6.07) is 7.48. The van der Waals surface area contributed by atoms with Crippen molar-refractivity contribution in [3.63, 3.8) is 0 Å². The van der Waals surface area contributed by atoms with Crippen molar-refractivity contribution in [2.24, 2.45) is 0 Å². The molecule has 1 aromatic heterocycles. The second-order valence-electron chi connectivity index (χ2n) is 7.70. The first-order chi connectivity index (χ1) is 14.6. The maximum absolute atomic E-state index is 10.6. The van der Waals surface area contributed by atoms with Crippen molar-refractivity contribution in [1.82, 2.24) is 15.0 Å². The number of carboxylic acids is 1. The van der Waals surface area contributed by atoms with E-state index in [-0.39, 0.29) is 5.92 Å². The zero-order valence-corrected chi connectivity index (χ0v) is 17.3. The lowest BCUT2D eigenvalue weighted by atomic mass is 9.96. The van der Waals surface area contributed by atoms with Crippen molar-refractivity contribution in [2.75, 3.05) is 19.6 Å². The highest BCUT2D eigenvalue weighted by Gasteiger charge is 2.38. The van der Waals surface area contributed by atoms with Gasteiger partial charge >= 0.3 is 12.1 Å². The van der Waals surface area contributed by atoms with Gasteiger partial charge in [0.25, 0.3) is 0 Å². The van der Waals surface area contributed by atoms with Crippen molar-refractivity contribution in [1.29, 1.82) is 0 Å². The van der Waals surface area contributed by atoms with Crippen LogP contribution >= 0.6 is 11.6 Å². The van der Waals surface area contributed by atoms with Gasteiger partial charge in [-0.2, -0.15) is 18.2 Å². The Hall–Kier alpha value is -2.17. The van der Waals surface area contributed by atoms with Crippen LogP contribution in [0.15, 0.2) is 28.8 Å². The van der Waals surface area contributed by atoms with Gasteiger partial charge in [-0.1, -0.05) is 35.0 Å². The molecular formula is C20H23ClF3N3O4. The van der Waals surface area contributed by atoms with Crippen molar-refractivity contribution in [3.8, 4) is 0 Å². The maximum Gasteiger partial charge on any atom is 0.490 e. The molecular weight excluding hydrogens is 439 g/mol. The second-order valence-corrected chi connectivity index (χ2v) is 8.11. The number of hydrogen-bond donors (Lipinski definition) is 2. The molecule has 170 valence electrons. The molecule has 1 saturated heterocycles. The number of nitrogens with zero attached hydrogens (tertiary/aromatic N) is 3. The third kappa shape index (κ3) is 6.65. The summed E-state index contributed by atoms with van der Waals surface area (Å²) in [7, 11) is 0. The second kappa shape index (κ2) is 9.97. The Morgan fingerprint density at radius 2 is 1.94 bits per heavy atom. The van der Waals surface area contributed by atoms with Crippen LogP contribution in [0, 0.1) is 0 Å². The van der Waals surface area contributed by atoms with Crippen LogP contribution < -0.4 is 0 Å². The number of alkyl halides is 3. The Morgan fingerprint density at radius 1 is 1.26 bits per heavy atom. The van der Waals surface area contributed by atoms with E-state index >= 15 is 0 Å². The minimum atomic E-state index is -5.08. The van der Waals surface area contributed by atoms with Crippen LogP contribution in [0.25, 0.3) is 0 Å². The van der Waals surface area contributed by atoms with Crippen molar-refractivity contribution >= 4 is 17.6 Å². The molecule has 2 heterocycles. The van der Waals surface area contributed by atoms with Gasteiger partial charge in [0.1, 0.15) is 0 Å². The summed E-state index contributed by atoms with van der Waals surface area (Å²) in [5, 5.41) is 22.5. The number of aliphatic hydroxyl groups is 1. The highest BCUT2D eigenvalue weighted by atomic mass is 35.5. The van der Waals surface area contributed by atoms with Gasteiger partial charge in [-0.15, -0.1) is 0 Å². The summed E-state index contributed by atoms with van der Waals surface area (Å²) in [5.74, 6) is -0.346. The van der Waals surface area contributed by atoms with E-state index in [0.717, 1.165) is 43.2 Å². The number of β-amino-alcohol motifs (C(OH)–C–C–N with tert-alkyl or cyclic N) is 1. The molecule has 0 bridgehead atoms. The van der Waals surface area contributed by atoms with E-state index in [1.807, 2.05) is 24.3 Å². The van der Waals surface area contributed by atoms with E-state index < -0.39 is 18.2 Å². The molecule has 1 saturated carbocycles. The molecule has 4 rings (SSSR count). The zero-order chi connectivity index (χ0) is 22.6. The lowest BCUT2D eigenvalue weighted by molar-refractivity contribution is -0.192. The number of carboxylic acid groups (broad SMARTS) is 1. The first kappa shape index (κ1) is 23.5.